The second-order valence-corrected chi connectivity index (χ2v) is 13.1. The summed E-state index contributed by atoms with van der Waals surface area (Å²) in [7, 11) is -16.7. The van der Waals surface area contributed by atoms with Gasteiger partial charge in [0, 0.05) is 13.1 Å². The van der Waals surface area contributed by atoms with E-state index in [1.165, 1.54) is 17.2 Å². The molecule has 2 aromatic rings. The van der Waals surface area contributed by atoms with Crippen LogP contribution < -0.4 is 4.90 Å². The van der Waals surface area contributed by atoms with Crippen LogP contribution in [0.25, 0.3) is 11.2 Å². The number of hydrogen-bond acceptors (Lipinski definition) is 13. The van der Waals surface area contributed by atoms with Gasteiger partial charge in [0.1, 0.15) is 24.6 Å². The third kappa shape index (κ3) is 8.57. The molecule has 3 heterocycles. The predicted molar refractivity (Wildman–Crippen MR) is 133 cm³/mol. The average Bonchev–Trinajstić information content (AvgIpc) is 3.36. The fraction of sp³-hybridized carbons (Fsp3) is 0.722. The first-order chi connectivity index (χ1) is 18.2. The quantitative estimate of drug-likeness (QED) is 0.153. The summed E-state index contributed by atoms with van der Waals surface area (Å²) in [5, 5.41) is 21.1. The lowest BCUT2D eigenvalue weighted by atomic mass is 10.1. The molecule has 0 bridgehead atoms. The molecule has 2 aromatic heterocycles. The van der Waals surface area contributed by atoms with Crippen LogP contribution in [0.4, 0.5) is 5.82 Å². The van der Waals surface area contributed by atoms with Crippen molar-refractivity contribution >= 4 is 40.4 Å². The fourth-order valence-electron chi connectivity index (χ4n) is 3.85. The molecule has 222 valence electrons. The van der Waals surface area contributed by atoms with Gasteiger partial charge in [-0.15, -0.1) is 0 Å². The molecule has 3 unspecified atom stereocenters. The number of aromatic nitrogens is 4. The Bertz CT molecular complexity index is 1250. The van der Waals surface area contributed by atoms with Crippen LogP contribution in [0.2, 0.25) is 0 Å². The van der Waals surface area contributed by atoms with Gasteiger partial charge in [0.15, 0.2) is 23.2 Å². The van der Waals surface area contributed by atoms with Crippen LogP contribution in [0.3, 0.4) is 0 Å². The molecule has 6 N–H and O–H groups in total. The van der Waals surface area contributed by atoms with Gasteiger partial charge in [-0.25, -0.2) is 28.6 Å². The highest BCUT2D eigenvalue weighted by Crippen LogP contribution is 2.66. The van der Waals surface area contributed by atoms with Crippen molar-refractivity contribution in [3.8, 4) is 0 Å². The number of phosphoric ester groups is 1. The number of hydrogen-bond donors (Lipinski definition) is 6. The summed E-state index contributed by atoms with van der Waals surface area (Å²) in [6, 6.07) is 0. The van der Waals surface area contributed by atoms with Gasteiger partial charge in [0.05, 0.1) is 12.9 Å². The van der Waals surface area contributed by atoms with Crippen molar-refractivity contribution in [2.75, 3.05) is 24.6 Å². The SMILES string of the molecule is CCCCN(CCCC)c1ncnc2c1ncn2C1O[C@H](COP(=O)(O)OP(=O)(O)OP(=O)(O)O)[C@@H](O)[C@H]1O. The van der Waals surface area contributed by atoms with Gasteiger partial charge in [-0.3, -0.25) is 9.09 Å². The van der Waals surface area contributed by atoms with Gasteiger partial charge in [0.2, 0.25) is 0 Å². The zero-order valence-corrected chi connectivity index (χ0v) is 23.7. The maximum absolute atomic E-state index is 12.0. The summed E-state index contributed by atoms with van der Waals surface area (Å²) in [5.41, 5.74) is 0.731. The standard InChI is InChI=1S/C18H32N5O13P3/c1-3-5-7-22(8-6-4-2)16-13-17(20-10-19-16)23(11-21-13)18-15(25)14(24)12(34-18)9-33-38(29,30)36-39(31,32)35-37(26,27)28/h10-12,14-15,18,24-25H,3-9H2,1-2H3,(H,29,30)(H,31,32)(H2,26,27,28)/t12-,14-,15-,18?/m1/s1. The number of fused-ring (bicyclic) bond motifs is 1. The maximum atomic E-state index is 12.0. The molecule has 1 aliphatic heterocycles. The highest BCUT2D eigenvalue weighted by atomic mass is 31.3. The van der Waals surface area contributed by atoms with Crippen LogP contribution in [0.15, 0.2) is 12.7 Å². The van der Waals surface area contributed by atoms with E-state index in [-0.39, 0.29) is 0 Å². The van der Waals surface area contributed by atoms with E-state index < -0.39 is 54.6 Å². The molecule has 0 amide bonds. The Morgan fingerprint density at radius 1 is 0.949 bits per heavy atom. The minimum atomic E-state index is -5.72. The molecular formula is C18H32N5O13P3. The van der Waals surface area contributed by atoms with E-state index >= 15 is 0 Å². The van der Waals surface area contributed by atoms with Gasteiger partial charge in [-0.05, 0) is 12.8 Å². The van der Waals surface area contributed by atoms with E-state index in [9.17, 15) is 33.7 Å². The van der Waals surface area contributed by atoms with Crippen molar-refractivity contribution in [3.63, 3.8) is 0 Å². The first kappa shape index (κ1) is 32.2. The summed E-state index contributed by atoms with van der Waals surface area (Å²) in [6.45, 7) is 4.71. The molecule has 0 aliphatic carbocycles. The summed E-state index contributed by atoms with van der Waals surface area (Å²) < 4.78 is 53.0. The lowest BCUT2D eigenvalue weighted by Gasteiger charge is -2.23. The molecule has 1 saturated heterocycles. The van der Waals surface area contributed by atoms with Crippen molar-refractivity contribution in [2.45, 2.75) is 64.1 Å². The lowest BCUT2D eigenvalue weighted by molar-refractivity contribution is -0.0503. The molecule has 0 spiro atoms. The molecule has 0 radical (unpaired) electrons. The van der Waals surface area contributed by atoms with Gasteiger partial charge < -0.3 is 39.4 Å². The highest BCUT2D eigenvalue weighted by Gasteiger charge is 2.47. The number of nitrogens with zero attached hydrogens (tertiary/aromatic N) is 5. The number of unbranched alkanes of at least 4 members (excludes halogenated alkanes) is 2. The highest BCUT2D eigenvalue weighted by molar-refractivity contribution is 7.66. The number of ether oxygens (including phenoxy) is 1. The number of imidazole rings is 1. The van der Waals surface area contributed by atoms with Crippen molar-refractivity contribution in [1.29, 1.82) is 0 Å². The number of phosphoric acid groups is 3. The van der Waals surface area contributed by atoms with Crippen LogP contribution in [0.5, 0.6) is 0 Å². The van der Waals surface area contributed by atoms with Gasteiger partial charge in [0.25, 0.3) is 0 Å². The third-order valence-corrected chi connectivity index (χ3v) is 9.43. The average molecular weight is 619 g/mol. The number of rotatable bonds is 15. The molecule has 3 rings (SSSR count). The summed E-state index contributed by atoms with van der Waals surface area (Å²) >= 11 is 0. The Hall–Kier alpha value is -1.36. The second kappa shape index (κ2) is 13.1. The number of aliphatic hydroxyl groups excluding tert-OH is 2. The Labute approximate surface area is 223 Å². The number of aliphatic hydroxyl groups is 2. The summed E-state index contributed by atoms with van der Waals surface area (Å²) in [5.74, 6) is 0.595. The molecule has 1 aliphatic rings. The minimum absolute atomic E-state index is 0.294. The lowest BCUT2D eigenvalue weighted by Crippen LogP contribution is -2.33. The maximum Gasteiger partial charge on any atom is 0.490 e. The van der Waals surface area contributed by atoms with Crippen molar-refractivity contribution in [3.05, 3.63) is 12.7 Å². The molecule has 1 fully saturated rings. The van der Waals surface area contributed by atoms with E-state index in [4.69, 9.17) is 14.5 Å². The van der Waals surface area contributed by atoms with E-state index in [1.54, 1.807) is 0 Å². The zero-order chi connectivity index (χ0) is 29.0. The van der Waals surface area contributed by atoms with E-state index in [1.807, 2.05) is 0 Å². The van der Waals surface area contributed by atoms with Gasteiger partial charge in [-0.1, -0.05) is 26.7 Å². The monoisotopic (exact) mass is 619 g/mol. The Balaban J connectivity index is 1.76. The molecule has 0 saturated carbocycles. The Kier molecular flexibility index (Phi) is 10.8. The van der Waals surface area contributed by atoms with Gasteiger partial charge in [-0.2, -0.15) is 8.62 Å². The van der Waals surface area contributed by atoms with Crippen molar-refractivity contribution < 1.29 is 61.4 Å². The molecule has 18 nitrogen and oxygen atoms in total. The minimum Gasteiger partial charge on any atom is -0.387 e. The summed E-state index contributed by atoms with van der Waals surface area (Å²) in [6.07, 6.45) is 0.560. The Morgan fingerprint density at radius 2 is 1.59 bits per heavy atom. The molecule has 39 heavy (non-hydrogen) atoms. The molecule has 6 atom stereocenters. The second-order valence-electron chi connectivity index (χ2n) is 8.65. The van der Waals surface area contributed by atoms with E-state index in [0.717, 1.165) is 38.8 Å². The van der Waals surface area contributed by atoms with Gasteiger partial charge >= 0.3 is 23.5 Å². The van der Waals surface area contributed by atoms with E-state index in [0.29, 0.717) is 17.0 Å². The summed E-state index contributed by atoms with van der Waals surface area (Å²) in [4.78, 5) is 51.3. The normalized spacial score (nSPS) is 25.0. The zero-order valence-electron chi connectivity index (χ0n) is 21.0. The van der Waals surface area contributed by atoms with Crippen LogP contribution in [0, 0.1) is 0 Å². The topological polar surface area (TPSA) is 256 Å². The van der Waals surface area contributed by atoms with Crippen molar-refractivity contribution in [1.82, 2.24) is 19.5 Å². The molecular weight excluding hydrogens is 587 g/mol. The first-order valence-corrected chi connectivity index (χ1v) is 16.4. The largest absolute Gasteiger partial charge is 0.490 e. The van der Waals surface area contributed by atoms with Crippen LogP contribution in [-0.2, 0) is 31.6 Å². The smallest absolute Gasteiger partial charge is 0.387 e. The molecule has 0 aromatic carbocycles. The molecule has 21 heteroatoms. The predicted octanol–water partition coefficient (Wildman–Crippen LogP) is 1.20. The Morgan fingerprint density at radius 3 is 2.18 bits per heavy atom. The fourth-order valence-corrected chi connectivity index (χ4v) is 6.88. The third-order valence-electron chi connectivity index (χ3n) is 5.63. The van der Waals surface area contributed by atoms with E-state index in [2.05, 4.69) is 46.8 Å². The first-order valence-electron chi connectivity index (χ1n) is 11.9. The van der Waals surface area contributed by atoms with Crippen LogP contribution in [0.1, 0.15) is 45.8 Å². The number of anilines is 1. The van der Waals surface area contributed by atoms with Crippen LogP contribution in [-0.4, -0.2) is 87.3 Å². The van der Waals surface area contributed by atoms with Crippen LogP contribution >= 0.6 is 23.5 Å². The van der Waals surface area contributed by atoms with Crippen molar-refractivity contribution in [2.24, 2.45) is 0 Å².